The van der Waals surface area contributed by atoms with Crippen molar-refractivity contribution in [3.05, 3.63) is 23.9 Å². The average molecular weight is 320 g/mol. The number of nitrogens with zero attached hydrogens (tertiary/aromatic N) is 2. The molecule has 0 aliphatic rings. The molecule has 0 aromatic carbocycles. The Morgan fingerprint density at radius 1 is 1.50 bits per heavy atom. The maximum atomic E-state index is 12.2. The Balaban J connectivity index is 2.65. The van der Waals surface area contributed by atoms with Gasteiger partial charge in [-0.2, -0.15) is 13.2 Å². The van der Waals surface area contributed by atoms with Gasteiger partial charge in [-0.3, -0.25) is 0 Å². The van der Waals surface area contributed by atoms with E-state index in [1.54, 1.807) is 19.2 Å². The molecule has 0 spiro atoms. The molecule has 1 aromatic heterocycles. The van der Waals surface area contributed by atoms with Crippen LogP contribution in [0.4, 0.5) is 13.2 Å². The number of rotatable bonds is 7. The molecule has 1 heterocycles. The minimum absolute atomic E-state index is 0.0383. The fraction of sp³-hybridized carbons (Fsp3) is 0.538. The second kappa shape index (κ2) is 8.42. The van der Waals surface area contributed by atoms with Crippen LogP contribution in [0.3, 0.4) is 0 Å². The zero-order valence-corrected chi connectivity index (χ0v) is 12.4. The predicted octanol–water partition coefficient (Wildman–Crippen LogP) is 1.46. The zero-order chi connectivity index (χ0) is 16.6. The molecule has 0 fully saturated rings. The molecule has 1 rings (SSSR count). The highest BCUT2D eigenvalue weighted by atomic mass is 19.4. The van der Waals surface area contributed by atoms with Crippen LogP contribution in [0.1, 0.15) is 12.5 Å². The SMILES string of the molecule is COCC(C)NC(N)=NCc1cccnc1OCC(F)(F)F. The molecule has 0 amide bonds. The van der Waals surface area contributed by atoms with Crippen LogP contribution < -0.4 is 15.8 Å². The number of nitrogens with one attached hydrogen (secondary N) is 1. The predicted molar refractivity (Wildman–Crippen MR) is 75.6 cm³/mol. The van der Waals surface area contributed by atoms with E-state index in [-0.39, 0.29) is 24.4 Å². The smallest absolute Gasteiger partial charge is 0.422 e. The molecule has 22 heavy (non-hydrogen) atoms. The van der Waals surface area contributed by atoms with Crippen LogP contribution in [0, 0.1) is 0 Å². The number of halogens is 3. The maximum absolute atomic E-state index is 12.2. The van der Waals surface area contributed by atoms with Gasteiger partial charge in [-0.05, 0) is 13.0 Å². The Morgan fingerprint density at radius 2 is 2.23 bits per heavy atom. The first-order valence-corrected chi connectivity index (χ1v) is 6.50. The lowest BCUT2D eigenvalue weighted by molar-refractivity contribution is -0.154. The van der Waals surface area contributed by atoms with E-state index in [0.29, 0.717) is 12.2 Å². The molecule has 9 heteroatoms. The van der Waals surface area contributed by atoms with Crippen LogP contribution >= 0.6 is 0 Å². The molecule has 1 atom stereocenters. The molecule has 1 unspecified atom stereocenters. The van der Waals surface area contributed by atoms with E-state index < -0.39 is 12.8 Å². The van der Waals surface area contributed by atoms with Crippen molar-refractivity contribution in [1.29, 1.82) is 0 Å². The average Bonchev–Trinajstić information content (AvgIpc) is 2.43. The summed E-state index contributed by atoms with van der Waals surface area (Å²) < 4.78 is 46.2. The molecule has 0 saturated carbocycles. The third-order valence-corrected chi connectivity index (χ3v) is 2.45. The summed E-state index contributed by atoms with van der Waals surface area (Å²) in [4.78, 5) is 7.83. The van der Waals surface area contributed by atoms with Crippen molar-refractivity contribution in [3.63, 3.8) is 0 Å². The number of guanidine groups is 1. The first-order chi connectivity index (χ1) is 10.3. The topological polar surface area (TPSA) is 81.8 Å². The highest BCUT2D eigenvalue weighted by Gasteiger charge is 2.29. The third-order valence-electron chi connectivity index (χ3n) is 2.45. The van der Waals surface area contributed by atoms with Gasteiger partial charge in [0.25, 0.3) is 0 Å². The Hall–Kier alpha value is -2.03. The van der Waals surface area contributed by atoms with Gasteiger partial charge in [0.1, 0.15) is 0 Å². The standard InChI is InChI=1S/C13H19F3N4O2/c1-9(7-21-2)20-12(17)19-6-10-4-3-5-18-11(10)22-8-13(14,15)16/h3-5,9H,6-8H2,1-2H3,(H3,17,19,20). The highest BCUT2D eigenvalue weighted by Crippen LogP contribution is 2.20. The number of nitrogens with two attached hydrogens (primary N) is 1. The Bertz CT molecular complexity index is 494. The van der Waals surface area contributed by atoms with Crippen LogP contribution in [-0.4, -0.2) is 43.5 Å². The van der Waals surface area contributed by atoms with Crippen LogP contribution in [0.25, 0.3) is 0 Å². The van der Waals surface area contributed by atoms with E-state index in [2.05, 4.69) is 20.0 Å². The highest BCUT2D eigenvalue weighted by molar-refractivity contribution is 5.78. The quantitative estimate of drug-likeness (QED) is 0.587. The monoisotopic (exact) mass is 320 g/mol. The summed E-state index contributed by atoms with van der Waals surface area (Å²) in [6.45, 7) is 0.954. The van der Waals surface area contributed by atoms with E-state index in [9.17, 15) is 13.2 Å². The number of hydrogen-bond donors (Lipinski definition) is 2. The normalized spacial score (nSPS) is 13.8. The number of hydrogen-bond acceptors (Lipinski definition) is 4. The molecule has 0 radical (unpaired) electrons. The largest absolute Gasteiger partial charge is 0.468 e. The second-order valence-electron chi connectivity index (χ2n) is 4.57. The summed E-state index contributed by atoms with van der Waals surface area (Å²) in [5.74, 6) is 0.0523. The maximum Gasteiger partial charge on any atom is 0.422 e. The lowest BCUT2D eigenvalue weighted by atomic mass is 10.3. The zero-order valence-electron chi connectivity index (χ0n) is 12.4. The van der Waals surface area contributed by atoms with Crippen molar-refractivity contribution in [2.75, 3.05) is 20.3 Å². The van der Waals surface area contributed by atoms with E-state index in [1.165, 1.54) is 6.20 Å². The van der Waals surface area contributed by atoms with Crippen LogP contribution in [0.2, 0.25) is 0 Å². The number of methoxy groups -OCH3 is 1. The van der Waals surface area contributed by atoms with Gasteiger partial charge in [0.15, 0.2) is 12.6 Å². The van der Waals surface area contributed by atoms with Crippen molar-refractivity contribution >= 4 is 5.96 Å². The summed E-state index contributed by atoms with van der Waals surface area (Å²) in [5.41, 5.74) is 6.10. The van der Waals surface area contributed by atoms with Gasteiger partial charge in [0, 0.05) is 24.9 Å². The van der Waals surface area contributed by atoms with Gasteiger partial charge in [-0.15, -0.1) is 0 Å². The molecule has 6 nitrogen and oxygen atoms in total. The number of alkyl halides is 3. The van der Waals surface area contributed by atoms with Crippen molar-refractivity contribution in [3.8, 4) is 5.88 Å². The van der Waals surface area contributed by atoms with Crippen molar-refractivity contribution in [1.82, 2.24) is 10.3 Å². The van der Waals surface area contributed by atoms with E-state index in [4.69, 9.17) is 10.5 Å². The lowest BCUT2D eigenvalue weighted by Gasteiger charge is -2.14. The Kier molecular flexibility index (Phi) is 6.90. The van der Waals surface area contributed by atoms with Crippen molar-refractivity contribution in [2.24, 2.45) is 10.7 Å². The molecule has 1 aromatic rings. The van der Waals surface area contributed by atoms with Crippen LogP contribution in [0.15, 0.2) is 23.3 Å². The summed E-state index contributed by atoms with van der Waals surface area (Å²) >= 11 is 0. The minimum Gasteiger partial charge on any atom is -0.468 e. The minimum atomic E-state index is -4.42. The second-order valence-corrected chi connectivity index (χ2v) is 4.57. The molecule has 0 saturated heterocycles. The molecular weight excluding hydrogens is 301 g/mol. The third kappa shape index (κ3) is 7.11. The summed E-state index contributed by atoms with van der Waals surface area (Å²) in [5, 5.41) is 2.89. The molecule has 124 valence electrons. The summed E-state index contributed by atoms with van der Waals surface area (Å²) in [6, 6.07) is 3.12. The van der Waals surface area contributed by atoms with Crippen molar-refractivity contribution < 1.29 is 22.6 Å². The van der Waals surface area contributed by atoms with Gasteiger partial charge in [0.05, 0.1) is 13.2 Å². The van der Waals surface area contributed by atoms with Crippen molar-refractivity contribution in [2.45, 2.75) is 25.7 Å². The van der Waals surface area contributed by atoms with E-state index >= 15 is 0 Å². The van der Waals surface area contributed by atoms with Gasteiger partial charge in [0.2, 0.25) is 5.88 Å². The lowest BCUT2D eigenvalue weighted by Crippen LogP contribution is -2.40. The van der Waals surface area contributed by atoms with Gasteiger partial charge < -0.3 is 20.5 Å². The molecule has 3 N–H and O–H groups in total. The van der Waals surface area contributed by atoms with Crippen LogP contribution in [0.5, 0.6) is 5.88 Å². The number of aromatic nitrogens is 1. The van der Waals surface area contributed by atoms with Gasteiger partial charge in [-0.1, -0.05) is 6.07 Å². The van der Waals surface area contributed by atoms with E-state index in [1.807, 2.05) is 6.92 Å². The fourth-order valence-electron chi connectivity index (χ4n) is 1.58. The number of aliphatic imine (C=N–C) groups is 1. The first kappa shape index (κ1) is 18.0. The number of ether oxygens (including phenoxy) is 2. The molecule has 0 bridgehead atoms. The van der Waals surface area contributed by atoms with Gasteiger partial charge in [-0.25, -0.2) is 9.98 Å². The molecular formula is C13H19F3N4O2. The van der Waals surface area contributed by atoms with E-state index in [0.717, 1.165) is 0 Å². The van der Waals surface area contributed by atoms with Crippen LogP contribution in [-0.2, 0) is 11.3 Å². The molecule has 0 aliphatic heterocycles. The Morgan fingerprint density at radius 3 is 2.86 bits per heavy atom. The number of pyridine rings is 1. The first-order valence-electron chi connectivity index (χ1n) is 6.50. The fourth-order valence-corrected chi connectivity index (χ4v) is 1.58. The molecule has 0 aliphatic carbocycles. The van der Waals surface area contributed by atoms with Gasteiger partial charge >= 0.3 is 6.18 Å². The Labute approximate surface area is 126 Å². The summed E-state index contributed by atoms with van der Waals surface area (Å²) in [6.07, 6.45) is -3.07. The summed E-state index contributed by atoms with van der Waals surface area (Å²) in [7, 11) is 1.56.